The van der Waals surface area contributed by atoms with Gasteiger partial charge in [-0.2, -0.15) is 0 Å². The van der Waals surface area contributed by atoms with Gasteiger partial charge < -0.3 is 10.1 Å². The molecule has 0 aliphatic heterocycles. The maximum Gasteiger partial charge on any atom is 0.254 e. The molecule has 1 N–H and O–H groups in total. The largest absolute Gasteiger partial charge is 0.379 e. The van der Waals surface area contributed by atoms with E-state index < -0.39 is 17.5 Å². The molecule has 0 aliphatic carbocycles. The van der Waals surface area contributed by atoms with Crippen LogP contribution in [0.4, 0.5) is 8.78 Å². The lowest BCUT2D eigenvalue weighted by Crippen LogP contribution is -2.28. The zero-order chi connectivity index (χ0) is 13.5. The zero-order valence-electron chi connectivity index (χ0n) is 9.93. The molecule has 0 radical (unpaired) electrons. The molecule has 0 aromatic heterocycles. The summed E-state index contributed by atoms with van der Waals surface area (Å²) in [4.78, 5) is 11.6. The predicted octanol–water partition coefficient (Wildman–Crippen LogP) is 2.41. The minimum Gasteiger partial charge on any atom is -0.379 e. The van der Waals surface area contributed by atoms with Gasteiger partial charge in [-0.3, -0.25) is 4.79 Å². The van der Waals surface area contributed by atoms with E-state index in [0.717, 1.165) is 0 Å². The highest BCUT2D eigenvalue weighted by molar-refractivity contribution is 9.09. The summed E-state index contributed by atoms with van der Waals surface area (Å²) in [5.74, 6) is -2.10. The second-order valence-corrected chi connectivity index (χ2v) is 4.43. The number of alkyl halides is 1. The number of ether oxygens (including phenoxy) is 1. The Labute approximate surface area is 113 Å². The van der Waals surface area contributed by atoms with E-state index in [1.165, 1.54) is 13.0 Å². The number of amides is 1. The number of halogens is 3. The van der Waals surface area contributed by atoms with Crippen molar-refractivity contribution in [3.63, 3.8) is 0 Å². The molecule has 0 fully saturated rings. The third-order valence-corrected chi connectivity index (χ3v) is 2.57. The molecule has 0 unspecified atom stereocenters. The second kappa shape index (κ2) is 7.43. The first-order valence-electron chi connectivity index (χ1n) is 5.43. The quantitative estimate of drug-likeness (QED) is 0.645. The lowest BCUT2D eigenvalue weighted by Gasteiger charge is -2.07. The monoisotopic (exact) mass is 321 g/mol. The standard InChI is InChI=1S/C12H14BrF2NO2/c1-8-6-9(11(15)7-10(8)14)12(17)16-3-5-18-4-2-13/h6-7H,2-5H2,1H3,(H,16,17). The number of carbonyl (C=O) groups is 1. The van der Waals surface area contributed by atoms with Crippen LogP contribution in [0.2, 0.25) is 0 Å². The van der Waals surface area contributed by atoms with Gasteiger partial charge in [-0.05, 0) is 18.6 Å². The third kappa shape index (κ3) is 4.34. The van der Waals surface area contributed by atoms with E-state index in [1.54, 1.807) is 0 Å². The summed E-state index contributed by atoms with van der Waals surface area (Å²) in [7, 11) is 0. The van der Waals surface area contributed by atoms with Crippen molar-refractivity contribution in [1.82, 2.24) is 5.32 Å². The highest BCUT2D eigenvalue weighted by atomic mass is 79.9. The summed E-state index contributed by atoms with van der Waals surface area (Å²) < 4.78 is 31.5. The first-order valence-corrected chi connectivity index (χ1v) is 6.56. The lowest BCUT2D eigenvalue weighted by molar-refractivity contribution is 0.0920. The van der Waals surface area contributed by atoms with Crippen molar-refractivity contribution in [1.29, 1.82) is 0 Å². The Morgan fingerprint density at radius 2 is 2.06 bits per heavy atom. The Bertz CT molecular complexity index is 427. The van der Waals surface area contributed by atoms with Gasteiger partial charge in [0, 0.05) is 17.9 Å². The lowest BCUT2D eigenvalue weighted by atomic mass is 10.1. The SMILES string of the molecule is Cc1cc(C(=O)NCCOCCBr)c(F)cc1F. The molecule has 0 bridgehead atoms. The molecule has 0 heterocycles. The molecule has 6 heteroatoms. The van der Waals surface area contributed by atoms with Gasteiger partial charge in [0.1, 0.15) is 11.6 Å². The Morgan fingerprint density at radius 3 is 2.72 bits per heavy atom. The van der Waals surface area contributed by atoms with Crippen LogP contribution in [-0.4, -0.2) is 31.0 Å². The van der Waals surface area contributed by atoms with Gasteiger partial charge in [-0.1, -0.05) is 15.9 Å². The van der Waals surface area contributed by atoms with Gasteiger partial charge in [0.25, 0.3) is 5.91 Å². The molecule has 3 nitrogen and oxygen atoms in total. The first kappa shape index (κ1) is 15.0. The first-order chi connectivity index (χ1) is 8.56. The van der Waals surface area contributed by atoms with Crippen LogP contribution in [0.3, 0.4) is 0 Å². The molecule has 1 aromatic carbocycles. The topological polar surface area (TPSA) is 38.3 Å². The molecule has 0 saturated heterocycles. The third-order valence-electron chi connectivity index (χ3n) is 2.25. The van der Waals surface area contributed by atoms with Crippen LogP contribution in [-0.2, 0) is 4.74 Å². The number of hydrogen-bond acceptors (Lipinski definition) is 2. The highest BCUT2D eigenvalue weighted by Crippen LogP contribution is 2.13. The minimum absolute atomic E-state index is 0.158. The molecule has 100 valence electrons. The maximum absolute atomic E-state index is 13.4. The highest BCUT2D eigenvalue weighted by Gasteiger charge is 2.13. The Hall–Kier alpha value is -1.01. The van der Waals surface area contributed by atoms with E-state index in [-0.39, 0.29) is 17.7 Å². The fraction of sp³-hybridized carbons (Fsp3) is 0.417. The van der Waals surface area contributed by atoms with E-state index >= 15 is 0 Å². The summed E-state index contributed by atoms with van der Waals surface area (Å²) in [5.41, 5.74) is 0.0754. The summed E-state index contributed by atoms with van der Waals surface area (Å²) in [6.07, 6.45) is 0. The van der Waals surface area contributed by atoms with Crippen LogP contribution >= 0.6 is 15.9 Å². The Kier molecular flexibility index (Phi) is 6.21. The predicted molar refractivity (Wildman–Crippen MR) is 68.0 cm³/mol. The number of hydrogen-bond donors (Lipinski definition) is 1. The Balaban J connectivity index is 2.54. The molecule has 0 atom stereocenters. The number of benzene rings is 1. The smallest absolute Gasteiger partial charge is 0.254 e. The molecule has 1 amide bonds. The zero-order valence-corrected chi connectivity index (χ0v) is 11.5. The van der Waals surface area contributed by atoms with Crippen LogP contribution in [0.1, 0.15) is 15.9 Å². The molecule has 0 spiro atoms. The van der Waals surface area contributed by atoms with Crippen molar-refractivity contribution in [2.75, 3.05) is 25.1 Å². The van der Waals surface area contributed by atoms with E-state index in [0.29, 0.717) is 24.6 Å². The number of carbonyl (C=O) groups excluding carboxylic acids is 1. The van der Waals surface area contributed by atoms with E-state index in [2.05, 4.69) is 21.2 Å². The van der Waals surface area contributed by atoms with Crippen molar-refractivity contribution in [3.05, 3.63) is 34.9 Å². The molecule has 18 heavy (non-hydrogen) atoms. The Morgan fingerprint density at radius 1 is 1.33 bits per heavy atom. The maximum atomic E-state index is 13.4. The summed E-state index contributed by atoms with van der Waals surface area (Å²) in [5, 5.41) is 3.22. The molecular formula is C12H14BrF2NO2. The number of rotatable bonds is 6. The van der Waals surface area contributed by atoms with E-state index in [1.807, 2.05) is 0 Å². The summed E-state index contributed by atoms with van der Waals surface area (Å²) in [6, 6.07) is 1.91. The van der Waals surface area contributed by atoms with E-state index in [4.69, 9.17) is 4.74 Å². The van der Waals surface area contributed by atoms with Crippen molar-refractivity contribution < 1.29 is 18.3 Å². The number of aryl methyl sites for hydroxylation is 1. The normalized spacial score (nSPS) is 10.4. The van der Waals surface area contributed by atoms with E-state index in [9.17, 15) is 13.6 Å². The second-order valence-electron chi connectivity index (χ2n) is 3.64. The van der Waals surface area contributed by atoms with Crippen molar-refractivity contribution in [2.24, 2.45) is 0 Å². The molecule has 0 aliphatic rings. The van der Waals surface area contributed by atoms with Gasteiger partial charge in [0.05, 0.1) is 18.8 Å². The minimum atomic E-state index is -0.864. The van der Waals surface area contributed by atoms with Crippen LogP contribution in [0, 0.1) is 18.6 Å². The summed E-state index contributed by atoms with van der Waals surface area (Å²) >= 11 is 3.19. The summed E-state index contributed by atoms with van der Waals surface area (Å²) in [6.45, 7) is 2.64. The van der Waals surface area contributed by atoms with Gasteiger partial charge >= 0.3 is 0 Å². The van der Waals surface area contributed by atoms with Crippen molar-refractivity contribution in [3.8, 4) is 0 Å². The van der Waals surface area contributed by atoms with Crippen LogP contribution in [0.15, 0.2) is 12.1 Å². The molecule has 0 saturated carbocycles. The van der Waals surface area contributed by atoms with Crippen LogP contribution in [0.5, 0.6) is 0 Å². The van der Waals surface area contributed by atoms with Gasteiger partial charge in [-0.25, -0.2) is 8.78 Å². The molecular weight excluding hydrogens is 308 g/mol. The van der Waals surface area contributed by atoms with Crippen LogP contribution in [0.25, 0.3) is 0 Å². The fourth-order valence-corrected chi connectivity index (χ4v) is 1.55. The average molecular weight is 322 g/mol. The molecule has 1 rings (SSSR count). The van der Waals surface area contributed by atoms with Crippen molar-refractivity contribution >= 4 is 21.8 Å². The van der Waals surface area contributed by atoms with Gasteiger partial charge in [0.2, 0.25) is 0 Å². The number of nitrogens with one attached hydrogen (secondary N) is 1. The fourth-order valence-electron chi connectivity index (χ4n) is 1.32. The van der Waals surface area contributed by atoms with Crippen LogP contribution < -0.4 is 5.32 Å². The van der Waals surface area contributed by atoms with Crippen molar-refractivity contribution in [2.45, 2.75) is 6.92 Å². The van der Waals surface area contributed by atoms with Gasteiger partial charge in [0.15, 0.2) is 0 Å². The van der Waals surface area contributed by atoms with Gasteiger partial charge in [-0.15, -0.1) is 0 Å². The molecule has 1 aromatic rings. The average Bonchev–Trinajstić information content (AvgIpc) is 2.33.